The van der Waals surface area contributed by atoms with Crippen LogP contribution in [0.1, 0.15) is 5.01 Å². The maximum absolute atomic E-state index is 14.5. The highest BCUT2D eigenvalue weighted by Crippen LogP contribution is 2.43. The third kappa shape index (κ3) is 4.83. The lowest BCUT2D eigenvalue weighted by Crippen LogP contribution is -2.34. The van der Waals surface area contributed by atoms with E-state index in [-0.39, 0.29) is 11.3 Å². The minimum Gasteiger partial charge on any atom is -0.428 e. The van der Waals surface area contributed by atoms with Crippen molar-refractivity contribution in [1.29, 1.82) is 0 Å². The van der Waals surface area contributed by atoms with Crippen molar-refractivity contribution in [3.05, 3.63) is 33.0 Å². The molecule has 2 heterocycles. The summed E-state index contributed by atoms with van der Waals surface area (Å²) in [6.07, 6.45) is -13.9. The Morgan fingerprint density at radius 3 is 2.31 bits per heavy atom. The molecule has 0 spiro atoms. The van der Waals surface area contributed by atoms with Crippen molar-refractivity contribution in [2.75, 3.05) is 0 Å². The van der Waals surface area contributed by atoms with E-state index in [1.54, 1.807) is 0 Å². The molecule has 0 atom stereocenters. The second-order valence-electron chi connectivity index (χ2n) is 5.79. The lowest BCUT2D eigenvalue weighted by molar-refractivity contribution is -0.255. The van der Waals surface area contributed by atoms with Gasteiger partial charge in [-0.05, 0) is 12.1 Å². The quantitative estimate of drug-likeness (QED) is 0.345. The number of ether oxygens (including phenoxy) is 2. The molecule has 0 fully saturated rings. The van der Waals surface area contributed by atoms with Gasteiger partial charge in [-0.15, -0.1) is 5.10 Å². The van der Waals surface area contributed by atoms with E-state index in [9.17, 15) is 35.1 Å². The van der Waals surface area contributed by atoms with E-state index in [0.29, 0.717) is 10.7 Å². The molecule has 0 unspecified atom stereocenters. The summed E-state index contributed by atoms with van der Waals surface area (Å²) >= 11 is 11.7. The number of aromatic nitrogens is 4. The maximum Gasteiger partial charge on any atom is 0.462 e. The van der Waals surface area contributed by atoms with Crippen LogP contribution in [0.3, 0.4) is 0 Å². The summed E-state index contributed by atoms with van der Waals surface area (Å²) in [5, 5.41) is 6.70. The first kappa shape index (κ1) is 24.3. The molecule has 0 aliphatic carbocycles. The van der Waals surface area contributed by atoms with Gasteiger partial charge in [0.25, 0.3) is 5.19 Å². The lowest BCUT2D eigenvalue weighted by atomic mass is 10.1. The molecule has 0 aliphatic rings. The second kappa shape index (κ2) is 8.51. The number of halogens is 10. The molecule has 1 aromatic carbocycles. The van der Waals surface area contributed by atoms with Gasteiger partial charge < -0.3 is 9.47 Å². The number of benzene rings is 1. The fourth-order valence-corrected chi connectivity index (χ4v) is 3.25. The number of hydrogen-bond acceptors (Lipinski definition) is 6. The van der Waals surface area contributed by atoms with Crippen molar-refractivity contribution in [3.8, 4) is 28.1 Å². The first-order valence-electron chi connectivity index (χ1n) is 7.86. The third-order valence-electron chi connectivity index (χ3n) is 3.55. The molecule has 0 saturated heterocycles. The minimum absolute atomic E-state index is 0.0260. The van der Waals surface area contributed by atoms with Crippen molar-refractivity contribution >= 4 is 34.5 Å². The van der Waals surface area contributed by atoms with Gasteiger partial charge in [-0.25, -0.2) is 9.07 Å². The predicted molar refractivity (Wildman–Crippen MR) is 95.2 cm³/mol. The van der Waals surface area contributed by atoms with Crippen LogP contribution in [0.25, 0.3) is 11.3 Å². The molecular weight excluding hydrogens is 523 g/mol. The van der Waals surface area contributed by atoms with Crippen molar-refractivity contribution in [2.24, 2.45) is 7.05 Å². The first-order valence-corrected chi connectivity index (χ1v) is 9.43. The molecule has 0 aliphatic heterocycles. The molecular formula is C15H6Cl2F8N4O2S. The maximum atomic E-state index is 14.5. The van der Waals surface area contributed by atoms with Crippen LogP contribution in [0.4, 0.5) is 35.1 Å². The molecule has 0 radical (unpaired) electrons. The van der Waals surface area contributed by atoms with Gasteiger partial charge in [0.1, 0.15) is 22.3 Å². The van der Waals surface area contributed by atoms with Gasteiger partial charge in [0.2, 0.25) is 10.9 Å². The van der Waals surface area contributed by atoms with Gasteiger partial charge in [-0.1, -0.05) is 39.6 Å². The topological polar surface area (TPSA) is 62.1 Å². The molecule has 0 amide bonds. The van der Waals surface area contributed by atoms with Crippen LogP contribution in [-0.4, -0.2) is 32.5 Å². The van der Waals surface area contributed by atoms with Crippen LogP contribution in [0.2, 0.25) is 10.0 Å². The van der Waals surface area contributed by atoms with Gasteiger partial charge in [0, 0.05) is 12.6 Å². The van der Waals surface area contributed by atoms with Crippen LogP contribution >= 0.6 is 34.5 Å². The monoisotopic (exact) mass is 528 g/mol. The van der Waals surface area contributed by atoms with Crippen LogP contribution in [0, 0.1) is 5.82 Å². The molecule has 174 valence electrons. The molecule has 0 N–H and O–H groups in total. The van der Waals surface area contributed by atoms with E-state index < -0.39 is 67.7 Å². The summed E-state index contributed by atoms with van der Waals surface area (Å²) in [6.45, 7) is 0. The Labute approximate surface area is 186 Å². The van der Waals surface area contributed by atoms with E-state index in [0.717, 1.165) is 13.1 Å². The Kier molecular flexibility index (Phi) is 6.45. The average Bonchev–Trinajstić information content (AvgIpc) is 3.24. The summed E-state index contributed by atoms with van der Waals surface area (Å²) in [7, 11) is 1.01. The van der Waals surface area contributed by atoms with Gasteiger partial charge in [0.15, 0.2) is 0 Å². The molecule has 3 rings (SSSR count). The van der Waals surface area contributed by atoms with Crippen molar-refractivity contribution in [1.82, 2.24) is 20.0 Å². The highest BCUT2D eigenvalue weighted by Gasteiger charge is 2.45. The van der Waals surface area contributed by atoms with Gasteiger partial charge in [0.05, 0.1) is 5.02 Å². The second-order valence-corrected chi connectivity index (χ2v) is 7.52. The number of nitrogens with zero attached hydrogens (tertiary/aromatic N) is 4. The van der Waals surface area contributed by atoms with Crippen molar-refractivity contribution < 1.29 is 44.6 Å². The minimum atomic E-state index is -4.92. The summed E-state index contributed by atoms with van der Waals surface area (Å²) < 4.78 is 113. The number of rotatable bonds is 6. The van der Waals surface area contributed by atoms with Crippen molar-refractivity contribution in [2.45, 2.75) is 18.7 Å². The number of aryl methyl sites for hydroxylation is 1. The van der Waals surface area contributed by atoms with Crippen LogP contribution in [0.5, 0.6) is 16.8 Å². The highest BCUT2D eigenvalue weighted by atomic mass is 35.5. The lowest BCUT2D eigenvalue weighted by Gasteiger charge is -2.16. The van der Waals surface area contributed by atoms with Crippen LogP contribution in [-0.2, 0) is 13.2 Å². The molecule has 32 heavy (non-hydrogen) atoms. The number of alkyl halides is 7. The van der Waals surface area contributed by atoms with Gasteiger partial charge >= 0.3 is 18.7 Å². The van der Waals surface area contributed by atoms with Crippen molar-refractivity contribution in [3.63, 3.8) is 0 Å². The molecule has 3 aromatic rings. The highest BCUT2D eigenvalue weighted by molar-refractivity contribution is 7.13. The first-order chi connectivity index (χ1) is 14.7. The Bertz CT molecular complexity index is 1150. The van der Waals surface area contributed by atoms with E-state index in [1.165, 1.54) is 0 Å². The number of hydrogen-bond donors (Lipinski definition) is 0. The Morgan fingerprint density at radius 1 is 1.09 bits per heavy atom. The van der Waals surface area contributed by atoms with Gasteiger partial charge in [-0.2, -0.15) is 35.8 Å². The SMILES string of the molecule is Cn1nc(-c2cc(Oc3nnc(C(F)(F)F)s3)c(Cl)cc2F)c(Cl)c1OC(F)(F)C(F)F. The molecule has 17 heteroatoms. The van der Waals surface area contributed by atoms with E-state index in [2.05, 4.69) is 20.0 Å². The zero-order chi connectivity index (χ0) is 24.0. The smallest absolute Gasteiger partial charge is 0.428 e. The Balaban J connectivity index is 1.99. The summed E-state index contributed by atoms with van der Waals surface area (Å²) in [6, 6.07) is 1.52. The largest absolute Gasteiger partial charge is 0.462 e. The van der Waals surface area contributed by atoms with Crippen LogP contribution in [0.15, 0.2) is 12.1 Å². The van der Waals surface area contributed by atoms with E-state index in [1.807, 2.05) is 0 Å². The normalized spacial score (nSPS) is 12.5. The summed E-state index contributed by atoms with van der Waals surface area (Å²) in [4.78, 5) is 0. The summed E-state index contributed by atoms with van der Waals surface area (Å²) in [5.41, 5.74) is -1.04. The predicted octanol–water partition coefficient (Wildman–Crippen LogP) is 6.43. The standard InChI is InChI=1S/C15H6Cl2F8N4O2S/c1-29-10(31-15(24,25)11(19)20)8(17)9(28-29)4-2-7(5(16)3-6(4)18)30-13-27-26-12(32-13)14(21,22)23/h2-3,11H,1H3. The molecule has 0 bridgehead atoms. The molecule has 6 nitrogen and oxygen atoms in total. The Morgan fingerprint density at radius 2 is 1.75 bits per heavy atom. The fraction of sp³-hybridized carbons (Fsp3) is 0.267. The Hall–Kier alpha value is -2.39. The van der Waals surface area contributed by atoms with E-state index >= 15 is 0 Å². The van der Waals surface area contributed by atoms with Crippen LogP contribution < -0.4 is 9.47 Å². The zero-order valence-electron chi connectivity index (χ0n) is 15.0. The third-order valence-corrected chi connectivity index (χ3v) is 5.03. The van der Waals surface area contributed by atoms with Gasteiger partial charge in [-0.3, -0.25) is 0 Å². The molecule has 0 saturated carbocycles. The van der Waals surface area contributed by atoms with E-state index in [4.69, 9.17) is 27.9 Å². The molecule has 2 aromatic heterocycles. The fourth-order valence-electron chi connectivity index (χ4n) is 2.19. The summed E-state index contributed by atoms with van der Waals surface area (Å²) in [5.74, 6) is -2.50. The zero-order valence-corrected chi connectivity index (χ0v) is 17.4. The average molecular weight is 529 g/mol.